The standard InChI is InChI=1S/C24H30N2O5/c1-3-28-20-7-5-18(13-22(20)29-4-2)15-24(27)26-11-9-25(10-12-26)16-19-6-8-21-23(14-19)31-17-30-21/h5-8,13-14H,3-4,9-12,15-17H2,1-2H3. The van der Waals surface area contributed by atoms with Crippen molar-refractivity contribution in [1.29, 1.82) is 0 Å². The Morgan fingerprint density at radius 1 is 0.871 bits per heavy atom. The van der Waals surface area contributed by atoms with Crippen molar-refractivity contribution in [3.05, 3.63) is 47.5 Å². The summed E-state index contributed by atoms with van der Waals surface area (Å²) >= 11 is 0. The molecular weight excluding hydrogens is 396 g/mol. The molecule has 0 bridgehead atoms. The van der Waals surface area contributed by atoms with Crippen LogP contribution in [0.4, 0.5) is 0 Å². The first-order valence-corrected chi connectivity index (χ1v) is 10.9. The summed E-state index contributed by atoms with van der Waals surface area (Å²) < 4.78 is 22.1. The zero-order valence-electron chi connectivity index (χ0n) is 18.3. The van der Waals surface area contributed by atoms with Crippen LogP contribution in [0.2, 0.25) is 0 Å². The fraction of sp³-hybridized carbons (Fsp3) is 0.458. The van der Waals surface area contributed by atoms with Crippen LogP contribution in [0.3, 0.4) is 0 Å². The molecule has 2 aromatic carbocycles. The van der Waals surface area contributed by atoms with Gasteiger partial charge in [-0.3, -0.25) is 9.69 Å². The molecule has 31 heavy (non-hydrogen) atoms. The van der Waals surface area contributed by atoms with Crippen molar-refractivity contribution < 1.29 is 23.7 Å². The summed E-state index contributed by atoms with van der Waals surface area (Å²) in [5.41, 5.74) is 2.14. The molecule has 2 aromatic rings. The van der Waals surface area contributed by atoms with Crippen LogP contribution < -0.4 is 18.9 Å². The second-order valence-electron chi connectivity index (χ2n) is 7.67. The third-order valence-corrected chi connectivity index (χ3v) is 5.53. The molecule has 0 radical (unpaired) electrons. The number of benzene rings is 2. The molecule has 7 heteroatoms. The van der Waals surface area contributed by atoms with Crippen LogP contribution >= 0.6 is 0 Å². The molecule has 2 aliphatic rings. The van der Waals surface area contributed by atoms with Gasteiger partial charge in [-0.25, -0.2) is 0 Å². The molecule has 2 aliphatic heterocycles. The molecule has 0 N–H and O–H groups in total. The first kappa shape index (κ1) is 21.3. The molecule has 1 fully saturated rings. The van der Waals surface area contributed by atoms with Crippen LogP contribution in [0.25, 0.3) is 0 Å². The van der Waals surface area contributed by atoms with Crippen molar-refractivity contribution in [2.75, 3.05) is 46.2 Å². The van der Waals surface area contributed by atoms with E-state index in [0.29, 0.717) is 32.2 Å². The molecule has 0 aromatic heterocycles. The van der Waals surface area contributed by atoms with Gasteiger partial charge in [-0.1, -0.05) is 12.1 Å². The Kier molecular flexibility index (Phi) is 6.82. The zero-order valence-corrected chi connectivity index (χ0v) is 18.3. The van der Waals surface area contributed by atoms with Crippen LogP contribution in [-0.2, 0) is 17.8 Å². The number of carbonyl (C=O) groups excluding carboxylic acids is 1. The van der Waals surface area contributed by atoms with E-state index in [1.165, 1.54) is 5.56 Å². The second kappa shape index (κ2) is 9.92. The van der Waals surface area contributed by atoms with Gasteiger partial charge >= 0.3 is 0 Å². The SMILES string of the molecule is CCOc1ccc(CC(=O)N2CCN(Cc3ccc4c(c3)OCO4)CC2)cc1OCC. The van der Waals surface area contributed by atoms with E-state index in [1.54, 1.807) is 0 Å². The summed E-state index contributed by atoms with van der Waals surface area (Å²) in [5.74, 6) is 3.18. The zero-order chi connectivity index (χ0) is 21.6. The minimum Gasteiger partial charge on any atom is -0.490 e. The number of rotatable bonds is 8. The Bertz CT molecular complexity index is 909. The van der Waals surface area contributed by atoms with Crippen molar-refractivity contribution >= 4 is 5.91 Å². The monoisotopic (exact) mass is 426 g/mol. The highest BCUT2D eigenvalue weighted by molar-refractivity contribution is 5.79. The highest BCUT2D eigenvalue weighted by Gasteiger charge is 2.22. The van der Waals surface area contributed by atoms with Gasteiger partial charge in [0.25, 0.3) is 0 Å². The summed E-state index contributed by atoms with van der Waals surface area (Å²) in [6, 6.07) is 11.8. The molecule has 0 unspecified atom stereocenters. The van der Waals surface area contributed by atoms with Crippen molar-refractivity contribution in [1.82, 2.24) is 9.80 Å². The topological polar surface area (TPSA) is 60.5 Å². The summed E-state index contributed by atoms with van der Waals surface area (Å²) in [5, 5.41) is 0. The molecule has 1 saturated heterocycles. The second-order valence-corrected chi connectivity index (χ2v) is 7.67. The van der Waals surface area contributed by atoms with Crippen molar-refractivity contribution in [3.8, 4) is 23.0 Å². The van der Waals surface area contributed by atoms with Crippen LogP contribution in [-0.4, -0.2) is 61.9 Å². The molecule has 0 spiro atoms. The van der Waals surface area contributed by atoms with Crippen LogP contribution in [0.1, 0.15) is 25.0 Å². The van der Waals surface area contributed by atoms with E-state index in [-0.39, 0.29) is 5.91 Å². The lowest BCUT2D eigenvalue weighted by molar-refractivity contribution is -0.132. The number of ether oxygens (including phenoxy) is 4. The van der Waals surface area contributed by atoms with Gasteiger partial charge < -0.3 is 23.8 Å². The molecule has 0 aliphatic carbocycles. The number of hydrogen-bond donors (Lipinski definition) is 0. The predicted molar refractivity (Wildman–Crippen MR) is 117 cm³/mol. The van der Waals surface area contributed by atoms with E-state index in [0.717, 1.165) is 55.5 Å². The third kappa shape index (κ3) is 5.22. The number of nitrogens with zero attached hydrogens (tertiary/aromatic N) is 2. The minimum atomic E-state index is 0.148. The van der Waals surface area contributed by atoms with Crippen molar-refractivity contribution in [2.24, 2.45) is 0 Å². The maximum absolute atomic E-state index is 12.8. The largest absolute Gasteiger partial charge is 0.490 e. The van der Waals surface area contributed by atoms with Gasteiger partial charge in [0.2, 0.25) is 12.7 Å². The number of amides is 1. The van der Waals surface area contributed by atoms with E-state index >= 15 is 0 Å². The quantitative estimate of drug-likeness (QED) is 0.647. The van der Waals surface area contributed by atoms with Crippen LogP contribution in [0.15, 0.2) is 36.4 Å². The smallest absolute Gasteiger partial charge is 0.231 e. The van der Waals surface area contributed by atoms with Gasteiger partial charge in [-0.15, -0.1) is 0 Å². The lowest BCUT2D eigenvalue weighted by Crippen LogP contribution is -2.48. The number of hydrogen-bond acceptors (Lipinski definition) is 6. The van der Waals surface area contributed by atoms with Gasteiger partial charge in [0, 0.05) is 32.7 Å². The van der Waals surface area contributed by atoms with Crippen LogP contribution in [0.5, 0.6) is 23.0 Å². The lowest BCUT2D eigenvalue weighted by Gasteiger charge is -2.35. The Morgan fingerprint density at radius 2 is 1.58 bits per heavy atom. The first-order chi connectivity index (χ1) is 15.2. The average molecular weight is 427 g/mol. The first-order valence-electron chi connectivity index (χ1n) is 10.9. The van der Waals surface area contributed by atoms with Crippen molar-refractivity contribution in [3.63, 3.8) is 0 Å². The lowest BCUT2D eigenvalue weighted by atomic mass is 10.1. The van der Waals surface area contributed by atoms with E-state index in [1.807, 2.05) is 49.1 Å². The minimum absolute atomic E-state index is 0.148. The third-order valence-electron chi connectivity index (χ3n) is 5.53. The Morgan fingerprint density at radius 3 is 2.35 bits per heavy atom. The number of piperazine rings is 1. The Labute approximate surface area is 183 Å². The molecule has 166 valence electrons. The molecular formula is C24H30N2O5. The maximum Gasteiger partial charge on any atom is 0.231 e. The fourth-order valence-corrected chi connectivity index (χ4v) is 3.94. The highest BCUT2D eigenvalue weighted by atomic mass is 16.7. The Balaban J connectivity index is 1.29. The predicted octanol–water partition coefficient (Wildman–Crippen LogP) is 3.10. The molecule has 2 heterocycles. The van der Waals surface area contributed by atoms with Gasteiger partial charge in [-0.2, -0.15) is 0 Å². The van der Waals surface area contributed by atoms with Gasteiger partial charge in [0.15, 0.2) is 23.0 Å². The highest BCUT2D eigenvalue weighted by Crippen LogP contribution is 2.33. The normalized spacial score (nSPS) is 15.7. The van der Waals surface area contributed by atoms with Crippen molar-refractivity contribution in [2.45, 2.75) is 26.8 Å². The van der Waals surface area contributed by atoms with E-state index in [2.05, 4.69) is 11.0 Å². The van der Waals surface area contributed by atoms with Gasteiger partial charge in [0.05, 0.1) is 19.6 Å². The number of carbonyl (C=O) groups is 1. The van der Waals surface area contributed by atoms with Gasteiger partial charge in [0.1, 0.15) is 0 Å². The summed E-state index contributed by atoms with van der Waals surface area (Å²) in [6.45, 7) is 9.34. The molecule has 1 amide bonds. The average Bonchev–Trinajstić information content (AvgIpc) is 3.24. The molecule has 4 rings (SSSR count). The Hall–Kier alpha value is -2.93. The van der Waals surface area contributed by atoms with E-state index in [9.17, 15) is 4.79 Å². The molecule has 7 nitrogen and oxygen atoms in total. The number of fused-ring (bicyclic) bond motifs is 1. The van der Waals surface area contributed by atoms with E-state index in [4.69, 9.17) is 18.9 Å². The molecule has 0 atom stereocenters. The van der Waals surface area contributed by atoms with E-state index < -0.39 is 0 Å². The fourth-order valence-electron chi connectivity index (χ4n) is 3.94. The van der Waals surface area contributed by atoms with Gasteiger partial charge in [-0.05, 0) is 49.2 Å². The maximum atomic E-state index is 12.8. The summed E-state index contributed by atoms with van der Waals surface area (Å²) in [4.78, 5) is 17.2. The van der Waals surface area contributed by atoms with Crippen LogP contribution in [0, 0.1) is 0 Å². The summed E-state index contributed by atoms with van der Waals surface area (Å²) in [7, 11) is 0. The molecule has 0 saturated carbocycles. The summed E-state index contributed by atoms with van der Waals surface area (Å²) in [6.07, 6.45) is 0.370.